The molecule has 1 atom stereocenters. The zero-order chi connectivity index (χ0) is 19.0. The van der Waals surface area contributed by atoms with Gasteiger partial charge in [-0.2, -0.15) is 0 Å². The van der Waals surface area contributed by atoms with E-state index in [1.54, 1.807) is 39.8 Å². The predicted octanol–water partition coefficient (Wildman–Crippen LogP) is 2.49. The van der Waals surface area contributed by atoms with Crippen LogP contribution >= 0.6 is 0 Å². The van der Waals surface area contributed by atoms with E-state index in [1.807, 2.05) is 6.20 Å². The molecule has 0 spiro atoms. The normalized spacial score (nSPS) is 16.7. The fraction of sp³-hybridized carbons (Fsp3) is 0.250. The van der Waals surface area contributed by atoms with Gasteiger partial charge in [-0.05, 0) is 42.8 Å². The molecule has 27 heavy (non-hydrogen) atoms. The summed E-state index contributed by atoms with van der Waals surface area (Å²) in [5.74, 6) is -0.442. The minimum absolute atomic E-state index is 0.00787. The molecule has 0 radical (unpaired) electrons. The lowest BCUT2D eigenvalue weighted by molar-refractivity contribution is -0.119. The molecule has 0 unspecified atom stereocenters. The highest BCUT2D eigenvalue weighted by Gasteiger charge is 2.27. The molecule has 0 bridgehead atoms. The summed E-state index contributed by atoms with van der Waals surface area (Å²) in [5, 5.41) is 2.86. The van der Waals surface area contributed by atoms with Crippen LogP contribution in [0.25, 0.3) is 16.9 Å². The third-order valence-electron chi connectivity index (χ3n) is 4.72. The summed E-state index contributed by atoms with van der Waals surface area (Å²) in [4.78, 5) is 30.2. The average Bonchev–Trinajstić information content (AvgIpc) is 3.27. The van der Waals surface area contributed by atoms with E-state index < -0.39 is 0 Å². The number of fused-ring (bicyclic) bond motifs is 1. The number of pyridine rings is 1. The minimum Gasteiger partial charge on any atom is -0.352 e. The van der Waals surface area contributed by atoms with Gasteiger partial charge in [-0.15, -0.1) is 0 Å². The van der Waals surface area contributed by atoms with Crippen molar-refractivity contribution in [2.45, 2.75) is 19.4 Å². The first-order valence-corrected chi connectivity index (χ1v) is 8.81. The number of rotatable bonds is 3. The standard InChI is InChI=1S/C20H19FN4O2/c1-13(26)22-17-8-9-24(11-17)20(27)15-4-7-19-23-18(12-25(19)10-15)14-2-5-16(21)6-3-14/h2-7,10,12,17H,8-9,11H2,1H3,(H,22,26)/t17-/m1/s1. The molecule has 3 heterocycles. The summed E-state index contributed by atoms with van der Waals surface area (Å²) in [6.07, 6.45) is 4.33. The highest BCUT2D eigenvalue weighted by Crippen LogP contribution is 2.21. The van der Waals surface area contributed by atoms with E-state index in [4.69, 9.17) is 0 Å². The zero-order valence-corrected chi connectivity index (χ0v) is 14.9. The summed E-state index contributed by atoms with van der Waals surface area (Å²) < 4.78 is 14.9. The Balaban J connectivity index is 1.55. The van der Waals surface area contributed by atoms with Crippen LogP contribution in [0.2, 0.25) is 0 Å². The number of benzene rings is 1. The summed E-state index contributed by atoms with van der Waals surface area (Å²) in [6, 6.07) is 9.70. The third kappa shape index (κ3) is 3.53. The van der Waals surface area contributed by atoms with Crippen LogP contribution in [-0.2, 0) is 4.79 Å². The van der Waals surface area contributed by atoms with E-state index in [0.717, 1.165) is 12.0 Å². The zero-order valence-electron chi connectivity index (χ0n) is 14.9. The maximum atomic E-state index is 13.1. The first kappa shape index (κ1) is 17.2. The average molecular weight is 366 g/mol. The molecule has 7 heteroatoms. The van der Waals surface area contributed by atoms with Gasteiger partial charge in [0.25, 0.3) is 5.91 Å². The Bertz CT molecular complexity index is 1010. The largest absolute Gasteiger partial charge is 0.352 e. The Morgan fingerprint density at radius 1 is 1.15 bits per heavy atom. The third-order valence-corrected chi connectivity index (χ3v) is 4.72. The number of hydrogen-bond acceptors (Lipinski definition) is 3. The molecule has 2 amide bonds. The van der Waals surface area contributed by atoms with E-state index in [2.05, 4.69) is 10.3 Å². The van der Waals surface area contributed by atoms with Crippen molar-refractivity contribution in [2.75, 3.05) is 13.1 Å². The van der Waals surface area contributed by atoms with Crippen LogP contribution in [-0.4, -0.2) is 45.2 Å². The highest BCUT2D eigenvalue weighted by molar-refractivity contribution is 5.94. The molecule has 0 saturated carbocycles. The maximum Gasteiger partial charge on any atom is 0.255 e. The number of nitrogens with zero attached hydrogens (tertiary/aromatic N) is 3. The summed E-state index contributed by atoms with van der Waals surface area (Å²) in [5.41, 5.74) is 2.80. The molecule has 138 valence electrons. The number of likely N-dealkylation sites (tertiary alicyclic amines) is 1. The lowest BCUT2D eigenvalue weighted by Gasteiger charge is -2.17. The molecule has 3 aromatic rings. The molecular weight excluding hydrogens is 347 g/mol. The predicted molar refractivity (Wildman–Crippen MR) is 98.7 cm³/mol. The van der Waals surface area contributed by atoms with Gasteiger partial charge in [-0.3, -0.25) is 9.59 Å². The van der Waals surface area contributed by atoms with Gasteiger partial charge in [0.2, 0.25) is 5.91 Å². The van der Waals surface area contributed by atoms with Crippen molar-refractivity contribution >= 4 is 17.5 Å². The van der Waals surface area contributed by atoms with Gasteiger partial charge < -0.3 is 14.6 Å². The number of halogens is 1. The van der Waals surface area contributed by atoms with Crippen LogP contribution in [0.4, 0.5) is 4.39 Å². The van der Waals surface area contributed by atoms with Gasteiger partial charge in [0.15, 0.2) is 0 Å². The highest BCUT2D eigenvalue weighted by atomic mass is 19.1. The molecule has 0 aliphatic carbocycles. The Labute approximate surface area is 155 Å². The van der Waals surface area contributed by atoms with Gasteiger partial charge >= 0.3 is 0 Å². The quantitative estimate of drug-likeness (QED) is 0.774. The lowest BCUT2D eigenvalue weighted by Crippen LogP contribution is -2.37. The number of carbonyl (C=O) groups is 2. The topological polar surface area (TPSA) is 66.7 Å². The lowest BCUT2D eigenvalue weighted by atomic mass is 10.2. The van der Waals surface area contributed by atoms with Gasteiger partial charge in [-0.1, -0.05) is 0 Å². The maximum absolute atomic E-state index is 13.1. The molecule has 1 aliphatic rings. The number of carbonyl (C=O) groups excluding carboxylic acids is 2. The summed E-state index contributed by atoms with van der Waals surface area (Å²) >= 11 is 0. The Hall–Kier alpha value is -3.22. The number of amides is 2. The van der Waals surface area contributed by atoms with Crippen molar-refractivity contribution in [3.63, 3.8) is 0 Å². The number of nitrogens with one attached hydrogen (secondary N) is 1. The number of hydrogen-bond donors (Lipinski definition) is 1. The van der Waals surface area contributed by atoms with Crippen molar-refractivity contribution in [1.29, 1.82) is 0 Å². The number of aromatic nitrogens is 2. The SMILES string of the molecule is CC(=O)N[C@@H]1CCN(C(=O)c2ccc3nc(-c4ccc(F)cc4)cn3c2)C1. The Morgan fingerprint density at radius 3 is 2.67 bits per heavy atom. The molecule has 1 aliphatic heterocycles. The molecule has 1 fully saturated rings. The van der Waals surface area contributed by atoms with Crippen molar-refractivity contribution < 1.29 is 14.0 Å². The Morgan fingerprint density at radius 2 is 1.93 bits per heavy atom. The van der Waals surface area contributed by atoms with Gasteiger partial charge in [0.1, 0.15) is 11.5 Å². The van der Waals surface area contributed by atoms with Crippen molar-refractivity contribution in [3.05, 3.63) is 60.2 Å². The first-order valence-electron chi connectivity index (χ1n) is 8.81. The number of imidazole rings is 1. The molecule has 1 saturated heterocycles. The van der Waals surface area contributed by atoms with Crippen LogP contribution < -0.4 is 5.32 Å². The monoisotopic (exact) mass is 366 g/mol. The molecule has 2 aromatic heterocycles. The summed E-state index contributed by atoms with van der Waals surface area (Å²) in [7, 11) is 0. The van der Waals surface area contributed by atoms with E-state index in [-0.39, 0.29) is 23.7 Å². The second-order valence-corrected chi connectivity index (χ2v) is 6.75. The van der Waals surface area contributed by atoms with Gasteiger partial charge in [0.05, 0.1) is 11.3 Å². The van der Waals surface area contributed by atoms with E-state index >= 15 is 0 Å². The second kappa shape index (κ2) is 6.83. The fourth-order valence-corrected chi connectivity index (χ4v) is 3.41. The van der Waals surface area contributed by atoms with Gasteiger partial charge in [-0.25, -0.2) is 9.37 Å². The van der Waals surface area contributed by atoms with Gasteiger partial charge in [0, 0.05) is 44.0 Å². The van der Waals surface area contributed by atoms with Crippen molar-refractivity contribution in [1.82, 2.24) is 19.6 Å². The van der Waals surface area contributed by atoms with Crippen LogP contribution in [0.15, 0.2) is 48.8 Å². The summed E-state index contributed by atoms with van der Waals surface area (Å²) in [6.45, 7) is 2.62. The van der Waals surface area contributed by atoms with E-state index in [9.17, 15) is 14.0 Å². The molecule has 1 N–H and O–H groups in total. The molecule has 4 rings (SSSR count). The van der Waals surface area contributed by atoms with Crippen LogP contribution in [0.3, 0.4) is 0 Å². The van der Waals surface area contributed by atoms with Crippen LogP contribution in [0, 0.1) is 5.82 Å². The van der Waals surface area contributed by atoms with Crippen molar-refractivity contribution in [2.24, 2.45) is 0 Å². The van der Waals surface area contributed by atoms with Crippen molar-refractivity contribution in [3.8, 4) is 11.3 Å². The smallest absolute Gasteiger partial charge is 0.255 e. The molecule has 6 nitrogen and oxygen atoms in total. The molecular formula is C20H19FN4O2. The molecule has 1 aromatic carbocycles. The minimum atomic E-state index is -0.293. The first-order chi connectivity index (χ1) is 13.0. The van der Waals surface area contributed by atoms with Crippen LogP contribution in [0.5, 0.6) is 0 Å². The fourth-order valence-electron chi connectivity index (χ4n) is 3.41. The van der Waals surface area contributed by atoms with E-state index in [1.165, 1.54) is 19.1 Å². The van der Waals surface area contributed by atoms with Crippen LogP contribution in [0.1, 0.15) is 23.7 Å². The van der Waals surface area contributed by atoms with E-state index in [0.29, 0.717) is 30.0 Å². The Kier molecular flexibility index (Phi) is 4.35. The second-order valence-electron chi connectivity index (χ2n) is 6.75.